The fraction of sp³-hybridized carbons (Fsp3) is 0.250. The number of sulfonamides is 4. The van der Waals surface area contributed by atoms with Gasteiger partial charge in [-0.3, -0.25) is 0 Å². The summed E-state index contributed by atoms with van der Waals surface area (Å²) in [5.74, 6) is 53.5. The van der Waals surface area contributed by atoms with Gasteiger partial charge in [0, 0.05) is 13.1 Å². The van der Waals surface area contributed by atoms with Crippen LogP contribution in [0.1, 0.15) is 22.3 Å². The van der Waals surface area contributed by atoms with Gasteiger partial charge < -0.3 is 9.47 Å². The lowest BCUT2D eigenvalue weighted by molar-refractivity contribution is 0.204. The Morgan fingerprint density at radius 2 is 0.500 bits per heavy atom. The van der Waals surface area contributed by atoms with Crippen molar-refractivity contribution in [2.45, 2.75) is 47.3 Å². The van der Waals surface area contributed by atoms with E-state index >= 15 is 0 Å². The van der Waals surface area contributed by atoms with E-state index in [0.717, 1.165) is 30.9 Å². The molecule has 418 valence electrons. The van der Waals surface area contributed by atoms with Crippen LogP contribution in [0.5, 0.6) is 0 Å². The zero-order chi connectivity index (χ0) is 59.7. The molecule has 14 nitrogen and oxygen atoms in total. The minimum Gasteiger partial charge on any atom is -0.356 e. The van der Waals surface area contributed by atoms with Crippen molar-refractivity contribution in [2.75, 3.05) is 78.8 Å². The molecule has 0 saturated heterocycles. The normalized spacial score (nSPS) is 10.6. The Morgan fingerprint density at radius 3 is 0.707 bits per heavy atom. The predicted octanol–water partition coefficient (Wildman–Crippen LogP) is 5.42. The van der Waals surface area contributed by atoms with Gasteiger partial charge in [0.2, 0.25) is 40.1 Å². The van der Waals surface area contributed by atoms with E-state index < -0.39 is 40.1 Å². The number of aryl methyl sites for hydroxylation is 4. The van der Waals surface area contributed by atoms with E-state index in [1.165, 1.54) is 69.3 Å². The lowest BCUT2D eigenvalue weighted by atomic mass is 10.2. The van der Waals surface area contributed by atoms with Crippen molar-refractivity contribution in [1.82, 2.24) is 17.2 Å². The molecule has 0 aliphatic rings. The number of nitrogens with zero attached hydrogens (tertiary/aromatic N) is 4. The number of hydrogen-bond acceptors (Lipinski definition) is 10. The fourth-order valence-corrected chi connectivity index (χ4v) is 11.5. The zero-order valence-corrected chi connectivity index (χ0v) is 49.1. The molecular formula is C64H58N4O10S4. The second-order valence-corrected chi connectivity index (χ2v) is 24.7. The first-order valence-corrected chi connectivity index (χ1v) is 30.5. The van der Waals surface area contributed by atoms with Crippen molar-refractivity contribution >= 4 is 40.1 Å². The molecule has 0 aromatic heterocycles. The van der Waals surface area contributed by atoms with E-state index in [1.807, 2.05) is 27.7 Å². The first-order valence-electron chi connectivity index (χ1n) is 24.8. The molecule has 0 spiro atoms. The second-order valence-electron chi connectivity index (χ2n) is 17.0. The molecule has 18 heteroatoms. The van der Waals surface area contributed by atoms with E-state index in [0.29, 0.717) is 0 Å². The van der Waals surface area contributed by atoms with Gasteiger partial charge in [0.15, 0.2) is 0 Å². The van der Waals surface area contributed by atoms with Crippen LogP contribution in [-0.2, 0) is 49.6 Å². The molecule has 0 amide bonds. The number of rotatable bonds is 22. The zero-order valence-electron chi connectivity index (χ0n) is 45.8. The van der Waals surface area contributed by atoms with E-state index in [-0.39, 0.29) is 98.4 Å². The lowest BCUT2D eigenvalue weighted by Crippen LogP contribution is -2.32. The molecular weight excluding hydrogens is 1110 g/mol. The van der Waals surface area contributed by atoms with Gasteiger partial charge >= 0.3 is 0 Å². The Morgan fingerprint density at radius 1 is 0.317 bits per heavy atom. The van der Waals surface area contributed by atoms with E-state index in [2.05, 4.69) is 132 Å². The Labute approximate surface area is 486 Å². The van der Waals surface area contributed by atoms with Crippen LogP contribution in [0, 0.1) is 146 Å². The molecule has 4 aromatic rings. The molecule has 0 saturated carbocycles. The van der Waals surface area contributed by atoms with Crippen LogP contribution >= 0.6 is 0 Å². The Balaban J connectivity index is 1.24. The van der Waals surface area contributed by atoms with Crippen LogP contribution in [0.4, 0.5) is 0 Å². The van der Waals surface area contributed by atoms with E-state index in [9.17, 15) is 33.7 Å². The molecule has 82 heavy (non-hydrogen) atoms. The van der Waals surface area contributed by atoms with Gasteiger partial charge in [-0.05, 0) is 135 Å². The number of hydrogen-bond donors (Lipinski definition) is 0. The molecule has 0 atom stereocenters. The summed E-state index contributed by atoms with van der Waals surface area (Å²) in [7, 11) is -15.7. The van der Waals surface area contributed by atoms with E-state index in [4.69, 9.17) is 9.47 Å². The van der Waals surface area contributed by atoms with E-state index in [1.54, 1.807) is 48.5 Å². The Bertz CT molecular complexity index is 3780. The summed E-state index contributed by atoms with van der Waals surface area (Å²) in [4.78, 5) is 0.369. The molecule has 0 heterocycles. The Kier molecular flexibility index (Phi) is 27.9. The molecule has 0 N–H and O–H groups in total. The van der Waals surface area contributed by atoms with Gasteiger partial charge in [-0.25, -0.2) is 33.7 Å². The minimum atomic E-state index is -4.01. The minimum absolute atomic E-state index is 0.000738. The highest BCUT2D eigenvalue weighted by atomic mass is 32.2. The summed E-state index contributed by atoms with van der Waals surface area (Å²) in [5.41, 5.74) is 3.60. The fourth-order valence-electron chi connectivity index (χ4n) is 6.33. The molecule has 4 aromatic carbocycles. The predicted molar refractivity (Wildman–Crippen MR) is 320 cm³/mol. The topological polar surface area (TPSA) is 168 Å². The van der Waals surface area contributed by atoms with Gasteiger partial charge in [0.05, 0.1) is 58.9 Å². The van der Waals surface area contributed by atoms with Crippen molar-refractivity contribution in [3.8, 4) is 118 Å². The highest BCUT2D eigenvalue weighted by molar-refractivity contribution is 7.90. The van der Waals surface area contributed by atoms with Crippen molar-refractivity contribution in [1.29, 1.82) is 0 Å². The lowest BCUT2D eigenvalue weighted by Gasteiger charge is -2.18. The molecule has 0 bridgehead atoms. The van der Waals surface area contributed by atoms with Crippen molar-refractivity contribution < 1.29 is 43.1 Å². The van der Waals surface area contributed by atoms with Crippen LogP contribution in [0.3, 0.4) is 0 Å². The van der Waals surface area contributed by atoms with Gasteiger partial charge in [0.25, 0.3) is 0 Å². The molecule has 0 radical (unpaired) electrons. The maximum atomic E-state index is 13.5. The summed E-state index contributed by atoms with van der Waals surface area (Å²) < 4.78 is 122. The summed E-state index contributed by atoms with van der Waals surface area (Å²) in [6.45, 7) is 13.6. The maximum absolute atomic E-state index is 13.5. The number of ether oxygens (including phenoxy) is 2. The maximum Gasteiger partial charge on any atom is 0.244 e. The van der Waals surface area contributed by atoms with Crippen LogP contribution in [0.2, 0.25) is 0 Å². The SMILES string of the molecule is C=CCN(CC#CC#CCN(CC#CC#CCOCC#CC#CCOCC#CC#CCN(CC#CC#CCN(CC=C)S(=O)(=O)c1ccc(C)cc1)S(=O)(=O)c1ccc(C)cc1)S(=O)(=O)c1ccc(C)cc1)S(=O)(=O)c1ccc(C)cc1. The second kappa shape index (κ2) is 34.6. The molecule has 4 rings (SSSR count). The molecule has 0 unspecified atom stereocenters. The van der Waals surface area contributed by atoms with Crippen LogP contribution < -0.4 is 0 Å². The first-order chi connectivity index (χ1) is 39.3. The number of benzene rings is 4. The highest BCUT2D eigenvalue weighted by Gasteiger charge is 2.26. The van der Waals surface area contributed by atoms with Gasteiger partial charge in [-0.2, -0.15) is 17.2 Å². The van der Waals surface area contributed by atoms with Gasteiger partial charge in [0.1, 0.15) is 26.4 Å². The summed E-state index contributed by atoms with van der Waals surface area (Å²) in [5, 5.41) is 0. The third-order valence-electron chi connectivity index (χ3n) is 10.7. The summed E-state index contributed by atoms with van der Waals surface area (Å²) in [6, 6.07) is 25.7. The van der Waals surface area contributed by atoms with Crippen LogP contribution in [-0.4, -0.2) is 130 Å². The monoisotopic (exact) mass is 1170 g/mol. The van der Waals surface area contributed by atoms with Crippen LogP contribution in [0.15, 0.2) is 142 Å². The highest BCUT2D eigenvalue weighted by Crippen LogP contribution is 2.19. The average Bonchev–Trinajstić information content (AvgIpc) is 3.63. The first kappa shape index (κ1) is 66.0. The standard InChI is InChI=1S/C64H58N4O10S4/c1-7-45-65(79(69,70)61-37-29-57(3)30-38-61)47-19-9-11-21-49-67(81(73,74)63-41-33-59(5)34-42-63)51-23-13-15-25-53-77-55-27-17-18-28-56-78-54-26-16-14-24-52-68(82(75,76)64-43-35-60(6)36-44-64)50-22-12-10-20-48-66(46-8-2)80(71,72)62-39-31-58(4)32-40-62/h7-8,29-44H,1-2,45-56H2,3-6H3. The quantitative estimate of drug-likeness (QED) is 0.0563. The summed E-state index contributed by atoms with van der Waals surface area (Å²) >= 11 is 0. The largest absolute Gasteiger partial charge is 0.356 e. The van der Waals surface area contributed by atoms with Crippen molar-refractivity contribution in [3.63, 3.8) is 0 Å². The summed E-state index contributed by atoms with van der Waals surface area (Å²) in [6.07, 6.45) is 2.92. The smallest absolute Gasteiger partial charge is 0.244 e. The molecule has 0 aliphatic carbocycles. The van der Waals surface area contributed by atoms with Crippen molar-refractivity contribution in [2.24, 2.45) is 0 Å². The Hall–Kier alpha value is -8.48. The average molecular weight is 1170 g/mol. The molecule has 0 fully saturated rings. The van der Waals surface area contributed by atoms with Crippen LogP contribution in [0.25, 0.3) is 0 Å². The molecule has 0 aliphatic heterocycles. The van der Waals surface area contributed by atoms with Crippen molar-refractivity contribution in [3.05, 3.63) is 145 Å². The van der Waals surface area contributed by atoms with Gasteiger partial charge in [-0.15, -0.1) is 13.2 Å². The van der Waals surface area contributed by atoms with Gasteiger partial charge in [-0.1, -0.05) is 142 Å². The third-order valence-corrected chi connectivity index (χ3v) is 18.0. The third kappa shape index (κ3) is 22.2.